The summed E-state index contributed by atoms with van der Waals surface area (Å²) >= 11 is 2.29. The van der Waals surface area contributed by atoms with Gasteiger partial charge in [0, 0.05) is 15.7 Å². The van der Waals surface area contributed by atoms with Gasteiger partial charge in [0.15, 0.2) is 0 Å². The Morgan fingerprint density at radius 1 is 1.53 bits per heavy atom. The smallest absolute Gasteiger partial charge is 0.224 e. The zero-order valence-electron chi connectivity index (χ0n) is 11.0. The summed E-state index contributed by atoms with van der Waals surface area (Å²) in [6.45, 7) is 4.23. The largest absolute Gasteiger partial charge is 0.326 e. The normalized spacial score (nSPS) is 17.9. The third-order valence-electron chi connectivity index (χ3n) is 3.40. The molecule has 0 aliphatic carbocycles. The van der Waals surface area contributed by atoms with Gasteiger partial charge < -0.3 is 10.6 Å². The highest BCUT2D eigenvalue weighted by atomic mass is 127. The van der Waals surface area contributed by atoms with E-state index in [-0.39, 0.29) is 18.3 Å². The first-order valence-corrected chi connectivity index (χ1v) is 7.50. The lowest BCUT2D eigenvalue weighted by molar-refractivity contribution is -0.116. The van der Waals surface area contributed by atoms with Crippen LogP contribution in [-0.4, -0.2) is 19.0 Å². The van der Waals surface area contributed by atoms with E-state index in [9.17, 15) is 4.79 Å². The molecular weight excluding hydrogens is 375 g/mol. The summed E-state index contributed by atoms with van der Waals surface area (Å²) in [7, 11) is 0. The number of nitrogens with one attached hydrogen (secondary N) is 2. The van der Waals surface area contributed by atoms with Gasteiger partial charge in [-0.15, -0.1) is 12.4 Å². The van der Waals surface area contributed by atoms with Crippen LogP contribution < -0.4 is 10.6 Å². The fraction of sp³-hybridized carbons (Fsp3) is 0.500. The zero-order valence-corrected chi connectivity index (χ0v) is 14.0. The van der Waals surface area contributed by atoms with E-state index in [0.717, 1.165) is 25.2 Å². The van der Waals surface area contributed by atoms with Crippen LogP contribution in [0.3, 0.4) is 0 Å². The maximum atomic E-state index is 11.8. The quantitative estimate of drug-likeness (QED) is 0.769. The number of carbonyl (C=O) groups is 1. The van der Waals surface area contributed by atoms with Gasteiger partial charge in [-0.1, -0.05) is 6.07 Å². The standard InChI is InChI=1S/C14H19IN2O.ClH/c1-10-2-4-12(8-13(10)15)17-14(18)5-3-11-6-7-16-9-11;/h2,4,8,11,16H,3,5-7,9H2,1H3,(H,17,18);1H. The lowest BCUT2D eigenvalue weighted by Crippen LogP contribution is -2.15. The first-order valence-electron chi connectivity index (χ1n) is 6.42. The second kappa shape index (κ2) is 8.07. The molecule has 106 valence electrons. The Kier molecular flexibility index (Phi) is 7.10. The van der Waals surface area contributed by atoms with Crippen molar-refractivity contribution in [2.75, 3.05) is 18.4 Å². The molecule has 1 heterocycles. The molecule has 1 aliphatic heterocycles. The summed E-state index contributed by atoms with van der Waals surface area (Å²) in [5, 5.41) is 6.30. The van der Waals surface area contributed by atoms with Crippen molar-refractivity contribution in [3.8, 4) is 0 Å². The van der Waals surface area contributed by atoms with E-state index in [1.54, 1.807) is 0 Å². The monoisotopic (exact) mass is 394 g/mol. The second-order valence-corrected chi connectivity index (χ2v) is 6.07. The molecule has 0 saturated carbocycles. The van der Waals surface area contributed by atoms with Gasteiger partial charge in [-0.05, 0) is 79.1 Å². The molecule has 19 heavy (non-hydrogen) atoms. The molecule has 1 aliphatic rings. The van der Waals surface area contributed by atoms with Gasteiger partial charge in [-0.3, -0.25) is 4.79 Å². The maximum absolute atomic E-state index is 11.8. The third-order valence-corrected chi connectivity index (χ3v) is 4.56. The van der Waals surface area contributed by atoms with Crippen molar-refractivity contribution in [1.29, 1.82) is 0 Å². The summed E-state index contributed by atoms with van der Waals surface area (Å²) in [5.74, 6) is 0.801. The molecular formula is C14H20ClIN2O. The average molecular weight is 395 g/mol. The van der Waals surface area contributed by atoms with Crippen molar-refractivity contribution >= 4 is 46.6 Å². The number of amides is 1. The predicted octanol–water partition coefficient (Wildman–Crippen LogP) is 3.35. The molecule has 1 amide bonds. The molecule has 2 N–H and O–H groups in total. The number of rotatable bonds is 4. The molecule has 0 radical (unpaired) electrons. The number of aryl methyl sites for hydroxylation is 1. The molecule has 0 spiro atoms. The molecule has 1 atom stereocenters. The van der Waals surface area contributed by atoms with E-state index in [1.807, 2.05) is 18.2 Å². The van der Waals surface area contributed by atoms with E-state index in [2.05, 4.69) is 40.1 Å². The maximum Gasteiger partial charge on any atom is 0.224 e. The van der Waals surface area contributed by atoms with Gasteiger partial charge in [0.1, 0.15) is 0 Å². The van der Waals surface area contributed by atoms with Crippen molar-refractivity contribution < 1.29 is 4.79 Å². The predicted molar refractivity (Wildman–Crippen MR) is 90.0 cm³/mol. The van der Waals surface area contributed by atoms with E-state index >= 15 is 0 Å². The Balaban J connectivity index is 0.00000180. The minimum Gasteiger partial charge on any atom is -0.326 e. The number of anilines is 1. The van der Waals surface area contributed by atoms with Crippen LogP contribution in [0, 0.1) is 16.4 Å². The lowest BCUT2D eigenvalue weighted by atomic mass is 10.0. The average Bonchev–Trinajstić information content (AvgIpc) is 2.84. The number of hydrogen-bond donors (Lipinski definition) is 2. The van der Waals surface area contributed by atoms with Crippen LogP contribution in [0.2, 0.25) is 0 Å². The fourth-order valence-electron chi connectivity index (χ4n) is 2.19. The van der Waals surface area contributed by atoms with Gasteiger partial charge in [0.05, 0.1) is 0 Å². The van der Waals surface area contributed by atoms with Crippen LogP contribution in [0.4, 0.5) is 5.69 Å². The number of carbonyl (C=O) groups excluding carboxylic acids is 1. The van der Waals surface area contributed by atoms with Gasteiger partial charge in [-0.2, -0.15) is 0 Å². The lowest BCUT2D eigenvalue weighted by Gasteiger charge is -2.09. The van der Waals surface area contributed by atoms with E-state index in [0.29, 0.717) is 12.3 Å². The van der Waals surface area contributed by atoms with Crippen LogP contribution in [0.15, 0.2) is 18.2 Å². The number of halogens is 2. The second-order valence-electron chi connectivity index (χ2n) is 4.91. The molecule has 0 bridgehead atoms. The van der Waals surface area contributed by atoms with E-state index < -0.39 is 0 Å². The van der Waals surface area contributed by atoms with Crippen LogP contribution >= 0.6 is 35.0 Å². The Morgan fingerprint density at radius 3 is 2.95 bits per heavy atom. The molecule has 1 aromatic rings. The Hall–Kier alpha value is -0.330. The van der Waals surface area contributed by atoms with Crippen molar-refractivity contribution in [1.82, 2.24) is 5.32 Å². The number of benzene rings is 1. The Morgan fingerprint density at radius 2 is 2.32 bits per heavy atom. The molecule has 3 nitrogen and oxygen atoms in total. The molecule has 5 heteroatoms. The van der Waals surface area contributed by atoms with Crippen LogP contribution in [0.1, 0.15) is 24.8 Å². The highest BCUT2D eigenvalue weighted by Crippen LogP contribution is 2.18. The molecule has 1 unspecified atom stereocenters. The first kappa shape index (κ1) is 16.7. The van der Waals surface area contributed by atoms with E-state index in [1.165, 1.54) is 15.6 Å². The minimum absolute atomic E-state index is 0. The highest BCUT2D eigenvalue weighted by Gasteiger charge is 2.15. The highest BCUT2D eigenvalue weighted by molar-refractivity contribution is 14.1. The summed E-state index contributed by atoms with van der Waals surface area (Å²) in [5.41, 5.74) is 2.14. The Labute approximate surface area is 134 Å². The minimum atomic E-state index is 0. The third kappa shape index (κ3) is 5.28. The van der Waals surface area contributed by atoms with Gasteiger partial charge in [0.2, 0.25) is 5.91 Å². The summed E-state index contributed by atoms with van der Waals surface area (Å²) < 4.78 is 1.19. The van der Waals surface area contributed by atoms with Gasteiger partial charge in [0.25, 0.3) is 0 Å². The Bertz CT molecular complexity index is 433. The fourth-order valence-corrected chi connectivity index (χ4v) is 2.71. The summed E-state index contributed by atoms with van der Waals surface area (Å²) in [4.78, 5) is 11.8. The van der Waals surface area contributed by atoms with E-state index in [4.69, 9.17) is 0 Å². The topological polar surface area (TPSA) is 41.1 Å². The zero-order chi connectivity index (χ0) is 13.0. The molecule has 1 aromatic carbocycles. The SMILES string of the molecule is Cc1ccc(NC(=O)CCC2CCNC2)cc1I.Cl. The molecule has 2 rings (SSSR count). The molecule has 1 saturated heterocycles. The number of hydrogen-bond acceptors (Lipinski definition) is 2. The van der Waals surface area contributed by atoms with Gasteiger partial charge >= 0.3 is 0 Å². The molecule has 1 fully saturated rings. The summed E-state index contributed by atoms with van der Waals surface area (Å²) in [6, 6.07) is 6.02. The van der Waals surface area contributed by atoms with Crippen LogP contribution in [0.5, 0.6) is 0 Å². The van der Waals surface area contributed by atoms with Crippen LogP contribution in [0.25, 0.3) is 0 Å². The van der Waals surface area contributed by atoms with Crippen LogP contribution in [-0.2, 0) is 4.79 Å². The molecule has 0 aromatic heterocycles. The van der Waals surface area contributed by atoms with Crippen molar-refractivity contribution in [2.24, 2.45) is 5.92 Å². The first-order chi connectivity index (χ1) is 8.65. The van der Waals surface area contributed by atoms with Crippen molar-refractivity contribution in [2.45, 2.75) is 26.2 Å². The van der Waals surface area contributed by atoms with Crippen molar-refractivity contribution in [3.63, 3.8) is 0 Å². The van der Waals surface area contributed by atoms with Gasteiger partial charge in [-0.25, -0.2) is 0 Å². The summed E-state index contributed by atoms with van der Waals surface area (Å²) in [6.07, 6.45) is 2.81. The van der Waals surface area contributed by atoms with Crippen molar-refractivity contribution in [3.05, 3.63) is 27.3 Å².